The van der Waals surface area contributed by atoms with Gasteiger partial charge in [-0.2, -0.15) is 5.10 Å². The third-order valence-electron chi connectivity index (χ3n) is 3.77. The lowest BCUT2D eigenvalue weighted by atomic mass is 10.0. The molecule has 122 valence electrons. The first-order valence-electron chi connectivity index (χ1n) is 8.07. The summed E-state index contributed by atoms with van der Waals surface area (Å²) in [6.45, 7) is 2.23. The Morgan fingerprint density at radius 2 is 1.75 bits per heavy atom. The minimum atomic E-state index is -0.189. The first-order valence-corrected chi connectivity index (χ1v) is 8.07. The van der Waals surface area contributed by atoms with E-state index in [1.54, 1.807) is 0 Å². The monoisotopic (exact) mass is 320 g/mol. The fourth-order valence-electron chi connectivity index (χ4n) is 2.58. The van der Waals surface area contributed by atoms with Gasteiger partial charge in [0.15, 0.2) is 0 Å². The highest BCUT2D eigenvalue weighted by Gasteiger charge is 2.06. The van der Waals surface area contributed by atoms with Crippen molar-refractivity contribution in [2.24, 2.45) is 0 Å². The molecule has 1 N–H and O–H groups in total. The quantitative estimate of drug-likeness (QED) is 0.703. The second-order valence-corrected chi connectivity index (χ2v) is 5.62. The lowest BCUT2D eigenvalue weighted by Crippen LogP contribution is -2.07. The van der Waals surface area contributed by atoms with Crippen LogP contribution in [0, 0.1) is 0 Å². The van der Waals surface area contributed by atoms with Crippen LogP contribution in [0.1, 0.15) is 23.7 Å². The number of benzene rings is 2. The zero-order chi connectivity index (χ0) is 16.8. The van der Waals surface area contributed by atoms with Crippen LogP contribution in [0.3, 0.4) is 0 Å². The van der Waals surface area contributed by atoms with Gasteiger partial charge >= 0.3 is 5.97 Å². The van der Waals surface area contributed by atoms with E-state index in [0.717, 1.165) is 28.9 Å². The van der Waals surface area contributed by atoms with Crippen LogP contribution in [0.25, 0.3) is 11.3 Å². The number of rotatable bonds is 6. The first kappa shape index (κ1) is 16.0. The molecule has 0 unspecified atom stereocenters. The van der Waals surface area contributed by atoms with Crippen LogP contribution in [-0.2, 0) is 22.4 Å². The van der Waals surface area contributed by atoms with Crippen molar-refractivity contribution in [2.45, 2.75) is 19.8 Å². The maximum Gasteiger partial charge on any atom is 0.310 e. The number of ether oxygens (including phenoxy) is 1. The molecule has 0 saturated carbocycles. The highest BCUT2D eigenvalue weighted by molar-refractivity contribution is 5.72. The molecule has 0 bridgehead atoms. The van der Waals surface area contributed by atoms with Crippen LogP contribution < -0.4 is 0 Å². The zero-order valence-corrected chi connectivity index (χ0v) is 13.7. The van der Waals surface area contributed by atoms with Gasteiger partial charge in [0, 0.05) is 17.7 Å². The van der Waals surface area contributed by atoms with Crippen molar-refractivity contribution >= 4 is 5.97 Å². The van der Waals surface area contributed by atoms with Crippen molar-refractivity contribution in [2.75, 3.05) is 6.61 Å². The SMILES string of the molecule is CCOC(=O)Cc1ccc(Cc2cc(-c3ccccc3)n[nH]2)cc1. The summed E-state index contributed by atoms with van der Waals surface area (Å²) in [6.07, 6.45) is 1.09. The van der Waals surface area contributed by atoms with Crippen molar-refractivity contribution in [1.82, 2.24) is 10.2 Å². The molecule has 0 radical (unpaired) electrons. The molecule has 0 spiro atoms. The van der Waals surface area contributed by atoms with E-state index in [9.17, 15) is 4.79 Å². The molecule has 0 saturated heterocycles. The fourth-order valence-corrected chi connectivity index (χ4v) is 2.58. The minimum absolute atomic E-state index is 0.189. The van der Waals surface area contributed by atoms with Gasteiger partial charge in [0.25, 0.3) is 0 Å². The number of H-pyrrole nitrogens is 1. The Morgan fingerprint density at radius 3 is 2.46 bits per heavy atom. The molecule has 0 aliphatic rings. The Kier molecular flexibility index (Phi) is 5.06. The maximum atomic E-state index is 11.5. The summed E-state index contributed by atoms with van der Waals surface area (Å²) in [5, 5.41) is 7.47. The third kappa shape index (κ3) is 4.10. The molecule has 3 aromatic rings. The van der Waals surface area contributed by atoms with E-state index < -0.39 is 0 Å². The minimum Gasteiger partial charge on any atom is -0.466 e. The molecule has 0 fully saturated rings. The van der Waals surface area contributed by atoms with Crippen LogP contribution in [0.4, 0.5) is 0 Å². The van der Waals surface area contributed by atoms with Gasteiger partial charge in [-0.25, -0.2) is 0 Å². The molecular formula is C20H20N2O2. The van der Waals surface area contributed by atoms with Crippen LogP contribution >= 0.6 is 0 Å². The van der Waals surface area contributed by atoms with Crippen LogP contribution in [-0.4, -0.2) is 22.8 Å². The number of carbonyl (C=O) groups is 1. The number of carbonyl (C=O) groups excluding carboxylic acids is 1. The van der Waals surface area contributed by atoms with E-state index in [-0.39, 0.29) is 5.97 Å². The number of nitrogens with zero attached hydrogens (tertiary/aromatic N) is 1. The number of hydrogen-bond acceptors (Lipinski definition) is 3. The van der Waals surface area contributed by atoms with Crippen LogP contribution in [0.5, 0.6) is 0 Å². The summed E-state index contributed by atoms with van der Waals surface area (Å²) in [7, 11) is 0. The average molecular weight is 320 g/mol. The van der Waals surface area contributed by atoms with E-state index in [4.69, 9.17) is 4.74 Å². The molecule has 1 heterocycles. The van der Waals surface area contributed by atoms with Gasteiger partial charge in [-0.1, -0.05) is 54.6 Å². The molecule has 4 heteroatoms. The van der Waals surface area contributed by atoms with E-state index in [1.165, 1.54) is 5.56 Å². The summed E-state index contributed by atoms with van der Waals surface area (Å²) in [6, 6.07) is 20.2. The largest absolute Gasteiger partial charge is 0.466 e. The third-order valence-corrected chi connectivity index (χ3v) is 3.77. The van der Waals surface area contributed by atoms with Gasteiger partial charge in [-0.3, -0.25) is 9.89 Å². The lowest BCUT2D eigenvalue weighted by molar-refractivity contribution is -0.142. The van der Waals surface area contributed by atoms with Crippen molar-refractivity contribution in [3.63, 3.8) is 0 Å². The molecule has 0 amide bonds. The molecule has 2 aromatic carbocycles. The topological polar surface area (TPSA) is 55.0 Å². The van der Waals surface area contributed by atoms with Gasteiger partial charge in [0.05, 0.1) is 18.7 Å². The summed E-state index contributed by atoms with van der Waals surface area (Å²) in [4.78, 5) is 11.5. The Labute approximate surface area is 141 Å². The second-order valence-electron chi connectivity index (χ2n) is 5.62. The fraction of sp³-hybridized carbons (Fsp3) is 0.200. The predicted octanol–water partition coefficient (Wildman–Crippen LogP) is 3.77. The molecule has 1 aromatic heterocycles. The number of aromatic nitrogens is 2. The number of nitrogens with one attached hydrogen (secondary N) is 1. The highest BCUT2D eigenvalue weighted by Crippen LogP contribution is 2.18. The normalized spacial score (nSPS) is 10.5. The van der Waals surface area contributed by atoms with Gasteiger partial charge in [-0.15, -0.1) is 0 Å². The average Bonchev–Trinajstić information content (AvgIpc) is 3.06. The van der Waals surface area contributed by atoms with Crippen LogP contribution in [0.2, 0.25) is 0 Å². The predicted molar refractivity (Wildman–Crippen MR) is 93.6 cm³/mol. The molecule has 3 rings (SSSR count). The summed E-state index contributed by atoms with van der Waals surface area (Å²) in [5.41, 5.74) is 5.25. The number of hydrogen-bond donors (Lipinski definition) is 1. The molecule has 4 nitrogen and oxygen atoms in total. The van der Waals surface area contributed by atoms with E-state index >= 15 is 0 Å². The standard InChI is InChI=1S/C20H20N2O2/c1-2-24-20(23)13-16-10-8-15(9-11-16)12-18-14-19(22-21-18)17-6-4-3-5-7-17/h3-11,14H,2,12-13H2,1H3,(H,21,22). The van der Waals surface area contributed by atoms with E-state index in [0.29, 0.717) is 13.0 Å². The van der Waals surface area contributed by atoms with Gasteiger partial charge in [0.2, 0.25) is 0 Å². The molecule has 0 aliphatic heterocycles. The van der Waals surface area contributed by atoms with Crippen molar-refractivity contribution in [1.29, 1.82) is 0 Å². The summed E-state index contributed by atoms with van der Waals surface area (Å²) >= 11 is 0. The van der Waals surface area contributed by atoms with Crippen molar-refractivity contribution in [3.8, 4) is 11.3 Å². The molecule has 0 atom stereocenters. The van der Waals surface area contributed by atoms with Crippen LogP contribution in [0.15, 0.2) is 60.7 Å². The maximum absolute atomic E-state index is 11.5. The highest BCUT2D eigenvalue weighted by atomic mass is 16.5. The molecular weight excluding hydrogens is 300 g/mol. The molecule has 24 heavy (non-hydrogen) atoms. The Balaban J connectivity index is 1.64. The lowest BCUT2D eigenvalue weighted by Gasteiger charge is -2.03. The van der Waals surface area contributed by atoms with Crippen molar-refractivity contribution < 1.29 is 9.53 Å². The second kappa shape index (κ2) is 7.59. The summed E-state index contributed by atoms with van der Waals surface area (Å²) < 4.78 is 4.96. The Hall–Kier alpha value is -2.88. The van der Waals surface area contributed by atoms with E-state index in [1.807, 2.05) is 61.5 Å². The number of esters is 1. The smallest absolute Gasteiger partial charge is 0.310 e. The Morgan fingerprint density at radius 1 is 1.04 bits per heavy atom. The number of aromatic amines is 1. The summed E-state index contributed by atoms with van der Waals surface area (Å²) in [5.74, 6) is -0.189. The zero-order valence-electron chi connectivity index (χ0n) is 13.7. The van der Waals surface area contributed by atoms with Crippen molar-refractivity contribution in [3.05, 3.63) is 77.5 Å². The van der Waals surface area contributed by atoms with E-state index in [2.05, 4.69) is 16.3 Å². The first-order chi connectivity index (χ1) is 11.7. The Bertz CT molecular complexity index is 792. The van der Waals surface area contributed by atoms with Gasteiger partial charge in [-0.05, 0) is 24.1 Å². The van der Waals surface area contributed by atoms with Gasteiger partial charge in [0.1, 0.15) is 0 Å². The molecule has 0 aliphatic carbocycles. The van der Waals surface area contributed by atoms with Gasteiger partial charge < -0.3 is 4.74 Å².